The van der Waals surface area contributed by atoms with Crippen molar-refractivity contribution in [3.8, 4) is 0 Å². The van der Waals surface area contributed by atoms with E-state index < -0.39 is 24.0 Å². The number of anilines is 1. The van der Waals surface area contributed by atoms with Crippen LogP contribution >= 0.6 is 11.6 Å². The summed E-state index contributed by atoms with van der Waals surface area (Å²) in [6.45, 7) is 7.50. The predicted molar refractivity (Wildman–Crippen MR) is 90.5 cm³/mol. The van der Waals surface area contributed by atoms with E-state index in [1.807, 2.05) is 27.7 Å². The number of carbonyl (C=O) groups excluding carboxylic acids is 1. The number of halogens is 1. The second kappa shape index (κ2) is 11.0. The minimum absolute atomic E-state index is 0.0634. The molecule has 8 nitrogen and oxygen atoms in total. The fourth-order valence-electron chi connectivity index (χ4n) is 1.45. The van der Waals surface area contributed by atoms with Gasteiger partial charge in [-0.2, -0.15) is 0 Å². The zero-order valence-electron chi connectivity index (χ0n) is 13.9. The lowest BCUT2D eigenvalue weighted by Crippen LogP contribution is -2.27. The van der Waals surface area contributed by atoms with Gasteiger partial charge in [0.1, 0.15) is 12.2 Å². The molecule has 0 fully saturated rings. The van der Waals surface area contributed by atoms with Gasteiger partial charge in [0.2, 0.25) is 5.22 Å². The molecule has 9 heteroatoms. The Labute approximate surface area is 144 Å². The normalized spacial score (nSPS) is 9.04. The van der Waals surface area contributed by atoms with Crippen molar-refractivity contribution in [3.05, 3.63) is 45.7 Å². The molecule has 1 amide bonds. The average Bonchev–Trinajstić information content (AvgIpc) is 3.01. The molecule has 2 heterocycles. The van der Waals surface area contributed by atoms with Crippen LogP contribution in [0.2, 0.25) is 5.22 Å². The molecule has 0 saturated carbocycles. The fourth-order valence-corrected chi connectivity index (χ4v) is 1.59. The summed E-state index contributed by atoms with van der Waals surface area (Å²) in [7, 11) is 0. The average molecular weight is 358 g/mol. The Morgan fingerprint density at radius 2 is 1.96 bits per heavy atom. The minimum Gasteiger partial charge on any atom is -0.480 e. The number of carboxylic acids is 1. The van der Waals surface area contributed by atoms with Crippen molar-refractivity contribution < 1.29 is 19.2 Å². The van der Waals surface area contributed by atoms with Crippen LogP contribution in [0.4, 0.5) is 5.69 Å². The number of nitrogens with one attached hydrogen (secondary N) is 1. The van der Waals surface area contributed by atoms with Crippen LogP contribution < -0.4 is 10.9 Å². The smallest absolute Gasteiger partial charge is 0.323 e. The van der Waals surface area contributed by atoms with E-state index in [-0.39, 0.29) is 16.6 Å². The third kappa shape index (κ3) is 6.25. The van der Waals surface area contributed by atoms with Gasteiger partial charge in [0.05, 0.1) is 0 Å². The monoisotopic (exact) mass is 357 g/mol. The third-order valence-electron chi connectivity index (χ3n) is 2.29. The molecule has 0 aliphatic carbocycles. The number of aromatic nitrogens is 2. The Morgan fingerprint density at radius 3 is 2.46 bits per heavy atom. The van der Waals surface area contributed by atoms with Gasteiger partial charge in [-0.05, 0) is 23.7 Å². The highest BCUT2D eigenvalue weighted by Crippen LogP contribution is 2.10. The van der Waals surface area contributed by atoms with E-state index in [1.54, 1.807) is 0 Å². The van der Waals surface area contributed by atoms with Crippen LogP contribution in [0.1, 0.15) is 38.2 Å². The van der Waals surface area contributed by atoms with Crippen molar-refractivity contribution in [2.75, 3.05) is 5.32 Å². The lowest BCUT2D eigenvalue weighted by Gasteiger charge is -2.06. The Hall–Kier alpha value is -2.61. The first-order chi connectivity index (χ1) is 11.5. The SMILES string of the molecule is CC.CC.O=C(O)Cn1cccc(NC(=O)c2cc(Cl)on2)c1=O. The first kappa shape index (κ1) is 21.4. The first-order valence-electron chi connectivity index (χ1n) is 7.32. The van der Waals surface area contributed by atoms with Crippen LogP contribution in [0.3, 0.4) is 0 Å². The van der Waals surface area contributed by atoms with Crippen molar-refractivity contribution in [3.63, 3.8) is 0 Å². The van der Waals surface area contributed by atoms with Crippen molar-refractivity contribution >= 4 is 29.2 Å². The summed E-state index contributed by atoms with van der Waals surface area (Å²) >= 11 is 5.48. The molecule has 2 aromatic rings. The van der Waals surface area contributed by atoms with Crippen LogP contribution in [0.15, 0.2) is 33.7 Å². The third-order valence-corrected chi connectivity index (χ3v) is 2.47. The summed E-state index contributed by atoms with van der Waals surface area (Å²) in [5.41, 5.74) is -0.807. The maximum atomic E-state index is 11.9. The Bertz CT molecular complexity index is 724. The zero-order valence-corrected chi connectivity index (χ0v) is 14.6. The molecule has 0 saturated heterocycles. The van der Waals surface area contributed by atoms with Crippen LogP contribution in [-0.4, -0.2) is 26.7 Å². The molecular formula is C15H20ClN3O5. The van der Waals surface area contributed by atoms with Gasteiger partial charge in [-0.15, -0.1) is 0 Å². The highest BCUT2D eigenvalue weighted by atomic mass is 35.5. The van der Waals surface area contributed by atoms with E-state index in [0.29, 0.717) is 0 Å². The van der Waals surface area contributed by atoms with Gasteiger partial charge < -0.3 is 19.5 Å². The zero-order chi connectivity index (χ0) is 18.7. The Kier molecular flexibility index (Phi) is 9.81. The van der Waals surface area contributed by atoms with E-state index in [9.17, 15) is 14.4 Å². The molecule has 0 radical (unpaired) electrons. The van der Waals surface area contributed by atoms with Gasteiger partial charge in [0.25, 0.3) is 11.5 Å². The largest absolute Gasteiger partial charge is 0.480 e. The number of aliphatic carboxylic acids is 1. The van der Waals surface area contributed by atoms with Gasteiger partial charge >= 0.3 is 5.97 Å². The molecule has 24 heavy (non-hydrogen) atoms. The van der Waals surface area contributed by atoms with E-state index in [4.69, 9.17) is 16.7 Å². The number of carboxylic acid groups (broad SMARTS) is 1. The molecule has 0 spiro atoms. The quantitative estimate of drug-likeness (QED) is 0.869. The number of rotatable bonds is 4. The summed E-state index contributed by atoms with van der Waals surface area (Å²) in [4.78, 5) is 34.2. The van der Waals surface area contributed by atoms with Gasteiger partial charge in [-0.25, -0.2) is 0 Å². The lowest BCUT2D eigenvalue weighted by molar-refractivity contribution is -0.137. The van der Waals surface area contributed by atoms with E-state index in [0.717, 1.165) is 4.57 Å². The van der Waals surface area contributed by atoms with Crippen molar-refractivity contribution in [1.82, 2.24) is 9.72 Å². The maximum absolute atomic E-state index is 11.9. The van der Waals surface area contributed by atoms with E-state index in [2.05, 4.69) is 15.0 Å². The molecule has 0 aromatic carbocycles. The molecule has 132 valence electrons. The minimum atomic E-state index is -1.17. The standard InChI is InChI=1S/C11H8ClN3O5.2C2H6/c12-8-4-7(14-20-8)10(18)13-6-2-1-3-15(11(6)19)5-9(16)17;2*1-2/h1-4H,5H2,(H,13,18)(H,16,17);2*1-2H3. The van der Waals surface area contributed by atoms with Gasteiger partial charge in [-0.1, -0.05) is 32.9 Å². The first-order valence-corrected chi connectivity index (χ1v) is 7.70. The van der Waals surface area contributed by atoms with E-state index >= 15 is 0 Å². The lowest BCUT2D eigenvalue weighted by atomic mass is 10.3. The van der Waals surface area contributed by atoms with Crippen LogP contribution in [-0.2, 0) is 11.3 Å². The summed E-state index contributed by atoms with van der Waals surface area (Å²) < 4.78 is 5.48. The number of hydrogen-bond acceptors (Lipinski definition) is 5. The Balaban J connectivity index is 0.00000123. The van der Waals surface area contributed by atoms with Crippen molar-refractivity contribution in [2.45, 2.75) is 34.2 Å². The molecule has 0 atom stereocenters. The van der Waals surface area contributed by atoms with Gasteiger partial charge in [-0.3, -0.25) is 14.4 Å². The number of amides is 1. The second-order valence-corrected chi connectivity index (χ2v) is 4.09. The number of pyridine rings is 1. The molecule has 2 aromatic heterocycles. The van der Waals surface area contributed by atoms with Crippen LogP contribution in [0, 0.1) is 0 Å². The highest BCUT2D eigenvalue weighted by molar-refractivity contribution is 6.29. The number of nitrogens with zero attached hydrogens (tertiary/aromatic N) is 2. The molecule has 0 aliphatic rings. The summed E-state index contributed by atoms with van der Waals surface area (Å²) in [6.07, 6.45) is 1.30. The maximum Gasteiger partial charge on any atom is 0.323 e. The van der Waals surface area contributed by atoms with Crippen LogP contribution in [0.25, 0.3) is 0 Å². The number of carbonyl (C=O) groups is 2. The van der Waals surface area contributed by atoms with Gasteiger partial charge in [0, 0.05) is 12.3 Å². The summed E-state index contributed by atoms with van der Waals surface area (Å²) in [6, 6.07) is 3.98. The molecule has 0 unspecified atom stereocenters. The van der Waals surface area contributed by atoms with Crippen molar-refractivity contribution in [1.29, 1.82) is 0 Å². The van der Waals surface area contributed by atoms with Gasteiger partial charge in [0.15, 0.2) is 5.69 Å². The van der Waals surface area contributed by atoms with Crippen LogP contribution in [0.5, 0.6) is 0 Å². The molecule has 0 bridgehead atoms. The molecular weight excluding hydrogens is 338 g/mol. The second-order valence-electron chi connectivity index (χ2n) is 3.72. The van der Waals surface area contributed by atoms with E-state index in [1.165, 1.54) is 24.4 Å². The van der Waals surface area contributed by atoms with Crippen molar-refractivity contribution in [2.24, 2.45) is 0 Å². The Morgan fingerprint density at radius 1 is 1.33 bits per heavy atom. The molecule has 0 aliphatic heterocycles. The fraction of sp³-hybridized carbons (Fsp3) is 0.333. The summed E-state index contributed by atoms with van der Waals surface area (Å²) in [5, 5.41) is 14.3. The predicted octanol–water partition coefficient (Wildman–Crippen LogP) is 2.88. The highest BCUT2D eigenvalue weighted by Gasteiger charge is 2.14. The molecule has 2 rings (SSSR count). The number of hydrogen-bond donors (Lipinski definition) is 2. The molecule has 2 N–H and O–H groups in total. The topological polar surface area (TPSA) is 114 Å². The summed E-state index contributed by atoms with van der Waals surface area (Å²) in [5.74, 6) is -1.86.